The smallest absolute Gasteiger partial charge is 0.293 e. The van der Waals surface area contributed by atoms with E-state index in [0.717, 1.165) is 93.7 Å². The molecule has 1 amide bonds. The lowest BCUT2D eigenvalue weighted by Gasteiger charge is -2.39. The van der Waals surface area contributed by atoms with Gasteiger partial charge in [-0.2, -0.15) is 5.10 Å². The number of nitrogens with zero attached hydrogens (tertiary/aromatic N) is 7. The summed E-state index contributed by atoms with van der Waals surface area (Å²) in [6.07, 6.45) is 7.57. The Morgan fingerprint density at radius 2 is 1.80 bits per heavy atom. The van der Waals surface area contributed by atoms with Crippen molar-refractivity contribution in [1.29, 1.82) is 0 Å². The lowest BCUT2D eigenvalue weighted by molar-refractivity contribution is -0.384. The second-order valence-corrected chi connectivity index (χ2v) is 20.9. The van der Waals surface area contributed by atoms with E-state index in [-0.39, 0.29) is 16.7 Å². The number of benzene rings is 3. The summed E-state index contributed by atoms with van der Waals surface area (Å²) in [6.45, 7) is 15.3. The molecule has 340 valence electrons. The van der Waals surface area contributed by atoms with E-state index in [4.69, 9.17) is 16.6 Å². The van der Waals surface area contributed by atoms with Gasteiger partial charge in [0.05, 0.1) is 32.8 Å². The highest BCUT2D eigenvalue weighted by atomic mass is 35.5. The highest BCUT2D eigenvalue weighted by Crippen LogP contribution is 2.43. The fraction of sp³-hybridized carbons (Fsp3) is 0.396. The van der Waals surface area contributed by atoms with Crippen molar-refractivity contribution in [3.8, 4) is 5.69 Å². The van der Waals surface area contributed by atoms with E-state index in [1.54, 1.807) is 23.1 Å². The monoisotopic (exact) mass is 918 g/mol. The molecule has 15 nitrogen and oxygen atoms in total. The summed E-state index contributed by atoms with van der Waals surface area (Å²) < 4.78 is 31.6. The number of aromatic nitrogens is 4. The van der Waals surface area contributed by atoms with Crippen LogP contribution < -0.4 is 14.9 Å². The predicted molar refractivity (Wildman–Crippen MR) is 256 cm³/mol. The Labute approximate surface area is 384 Å². The van der Waals surface area contributed by atoms with E-state index in [9.17, 15) is 23.3 Å². The number of likely N-dealkylation sites (tertiary alicyclic amines) is 1. The summed E-state index contributed by atoms with van der Waals surface area (Å²) in [6, 6.07) is 21.4. The van der Waals surface area contributed by atoms with E-state index in [0.29, 0.717) is 40.9 Å². The lowest BCUT2D eigenvalue weighted by atomic mass is 9.72. The van der Waals surface area contributed by atoms with Gasteiger partial charge in [-0.15, -0.1) is 0 Å². The van der Waals surface area contributed by atoms with Crippen molar-refractivity contribution in [1.82, 2.24) is 34.3 Å². The minimum Gasteiger partial charge on any atom is -0.379 e. The molecule has 2 fully saturated rings. The van der Waals surface area contributed by atoms with Crippen molar-refractivity contribution >= 4 is 72.2 Å². The van der Waals surface area contributed by atoms with E-state index < -0.39 is 31.4 Å². The number of halogens is 1. The van der Waals surface area contributed by atoms with Gasteiger partial charge in [-0.25, -0.2) is 22.8 Å². The number of nitro benzene ring substituents is 1. The van der Waals surface area contributed by atoms with Gasteiger partial charge in [0.1, 0.15) is 16.9 Å². The van der Waals surface area contributed by atoms with Gasteiger partial charge in [-0.1, -0.05) is 43.2 Å². The van der Waals surface area contributed by atoms with Crippen LogP contribution in [-0.2, 0) is 10.0 Å². The highest BCUT2D eigenvalue weighted by Gasteiger charge is 2.31. The van der Waals surface area contributed by atoms with E-state index in [1.807, 2.05) is 36.4 Å². The third-order valence-corrected chi connectivity index (χ3v) is 15.0. The van der Waals surface area contributed by atoms with Gasteiger partial charge < -0.3 is 20.1 Å². The van der Waals surface area contributed by atoms with Crippen molar-refractivity contribution in [2.45, 2.75) is 64.3 Å². The van der Waals surface area contributed by atoms with Crippen molar-refractivity contribution in [3.05, 3.63) is 117 Å². The molecule has 0 spiro atoms. The Kier molecular flexibility index (Phi) is 12.2. The maximum Gasteiger partial charge on any atom is 0.293 e. The second kappa shape index (κ2) is 17.9. The van der Waals surface area contributed by atoms with Crippen LogP contribution in [0.2, 0.25) is 5.02 Å². The first kappa shape index (κ1) is 44.4. The van der Waals surface area contributed by atoms with Crippen LogP contribution in [-0.4, -0.2) is 107 Å². The van der Waals surface area contributed by atoms with Crippen LogP contribution in [0.4, 0.5) is 17.1 Å². The van der Waals surface area contributed by atoms with Gasteiger partial charge in [-0.05, 0) is 123 Å². The molecule has 3 aliphatic rings. The molecule has 0 saturated carbocycles. The van der Waals surface area contributed by atoms with Crippen LogP contribution in [0.25, 0.3) is 33.3 Å². The van der Waals surface area contributed by atoms with E-state index >= 15 is 0 Å². The van der Waals surface area contributed by atoms with Gasteiger partial charge in [-0.3, -0.25) is 19.8 Å². The van der Waals surface area contributed by atoms with Crippen molar-refractivity contribution < 1.29 is 18.1 Å². The first-order chi connectivity index (χ1) is 31.1. The minimum atomic E-state index is -4.57. The molecule has 3 N–H and O–H groups in total. The number of pyridine rings is 1. The minimum absolute atomic E-state index is 0.0526. The van der Waals surface area contributed by atoms with Gasteiger partial charge in [0.25, 0.3) is 21.6 Å². The van der Waals surface area contributed by atoms with Gasteiger partial charge in [0, 0.05) is 80.2 Å². The Balaban J connectivity index is 0.965. The number of carbonyl (C=O) groups excluding carboxylic acids is 1. The lowest BCUT2D eigenvalue weighted by Crippen LogP contribution is -2.47. The van der Waals surface area contributed by atoms with Gasteiger partial charge >= 0.3 is 0 Å². The molecule has 1 aliphatic carbocycles. The molecule has 3 aromatic carbocycles. The summed E-state index contributed by atoms with van der Waals surface area (Å²) in [5.74, 6) is -0.606. The molecule has 2 aliphatic heterocycles. The number of piperazine rings is 1. The number of H-pyrrole nitrogens is 1. The molecule has 5 heterocycles. The number of rotatable bonds is 13. The van der Waals surface area contributed by atoms with E-state index in [2.05, 4.69) is 74.6 Å². The van der Waals surface area contributed by atoms with Crippen LogP contribution in [0.1, 0.15) is 69.3 Å². The first-order valence-electron chi connectivity index (χ1n) is 22.3. The number of nitro groups is 1. The molecule has 65 heavy (non-hydrogen) atoms. The molecule has 0 bridgehead atoms. The number of nitrogens with one attached hydrogen (secondary N) is 3. The molecule has 1 unspecified atom stereocenters. The molecule has 3 aromatic heterocycles. The number of hydrogen-bond donors (Lipinski definition) is 3. The summed E-state index contributed by atoms with van der Waals surface area (Å²) in [5, 5.41) is 21.7. The largest absolute Gasteiger partial charge is 0.379 e. The Bertz CT molecular complexity index is 2920. The number of hydrogen-bond acceptors (Lipinski definition) is 11. The zero-order valence-corrected chi connectivity index (χ0v) is 38.8. The predicted octanol–water partition coefficient (Wildman–Crippen LogP) is 8.51. The summed E-state index contributed by atoms with van der Waals surface area (Å²) in [7, 11) is -4.57. The normalized spacial score (nSPS) is 18.6. The van der Waals surface area contributed by atoms with E-state index in [1.165, 1.54) is 28.8 Å². The molecule has 17 heteroatoms. The van der Waals surface area contributed by atoms with Crippen molar-refractivity contribution in [2.24, 2.45) is 11.3 Å². The fourth-order valence-corrected chi connectivity index (χ4v) is 10.7. The van der Waals surface area contributed by atoms with Crippen LogP contribution in [0.5, 0.6) is 0 Å². The molecule has 6 aromatic rings. The van der Waals surface area contributed by atoms with Crippen molar-refractivity contribution in [2.75, 3.05) is 62.6 Å². The summed E-state index contributed by atoms with van der Waals surface area (Å²) >= 11 is 6.26. The summed E-state index contributed by atoms with van der Waals surface area (Å²) in [4.78, 5) is 40.4. The molecule has 2 saturated heterocycles. The Morgan fingerprint density at radius 3 is 2.54 bits per heavy atom. The molecule has 1 atom stereocenters. The molecular weight excluding hydrogens is 864 g/mol. The molecular formula is C48H55ClN10O5S. The topological polar surface area (TPSA) is 175 Å². The average Bonchev–Trinajstić information content (AvgIpc) is 4.06. The second-order valence-electron chi connectivity index (χ2n) is 18.8. The zero-order chi connectivity index (χ0) is 45.6. The third kappa shape index (κ3) is 9.48. The zero-order valence-electron chi connectivity index (χ0n) is 37.2. The maximum absolute atomic E-state index is 14.2. The molecule has 9 rings (SSSR count). The van der Waals surface area contributed by atoms with Crippen LogP contribution >= 0.6 is 11.6 Å². The number of sulfonamides is 1. The summed E-state index contributed by atoms with van der Waals surface area (Å²) in [5.41, 5.74) is 7.35. The van der Waals surface area contributed by atoms with Crippen molar-refractivity contribution in [3.63, 3.8) is 0 Å². The first-order valence-corrected chi connectivity index (χ1v) is 24.2. The van der Waals surface area contributed by atoms with Gasteiger partial charge in [0.2, 0.25) is 0 Å². The van der Waals surface area contributed by atoms with Crippen LogP contribution in [0.15, 0.2) is 95.7 Å². The standard InChI is InChI=1S/C48H55ClN10O5S/c1-31(2)57-18-15-32(29-57)27-51-41-12-10-38(25-45(41)59(61)62)65(63,64)54-47(60)39-11-9-37(24-43(39)58-44-23-34-14-17-50-46(34)53-42(44)28-52-58)56-21-19-55(20-22-56)30-35-13-16-48(3,4)26-40(35)33-5-7-36(49)8-6-33/h5-12,14,17,23-25,28,31-32,51H,13,15-16,18-22,26-27,29-30H2,1-4H3,(H,50,53)(H,54,60). The fourth-order valence-electron chi connectivity index (χ4n) is 9.57. The van der Waals surface area contributed by atoms with Crippen LogP contribution in [0, 0.1) is 21.4 Å². The number of amides is 1. The molecule has 0 radical (unpaired) electrons. The number of anilines is 2. The quantitative estimate of drug-likeness (QED) is 0.0749. The number of carbonyl (C=O) groups is 1. The highest BCUT2D eigenvalue weighted by molar-refractivity contribution is 7.90. The Morgan fingerprint density at radius 1 is 1.02 bits per heavy atom. The number of allylic oxidation sites excluding steroid dienone is 1. The van der Waals surface area contributed by atoms with Crippen LogP contribution in [0.3, 0.4) is 0 Å². The average molecular weight is 920 g/mol. The SMILES string of the molecule is CC(C)N1CCC(CNc2ccc(S(=O)(=O)NC(=O)c3ccc(N4CCN(CC5=C(c6ccc(Cl)cc6)CC(C)(C)CC5)CC4)cc3-n3ncc4nc5[nH]ccc5cc43)cc2[N+](=O)[O-])C1. The maximum atomic E-state index is 14.2. The number of fused-ring (bicyclic) bond motifs is 2. The number of aromatic amines is 1. The third-order valence-electron chi connectivity index (χ3n) is 13.4. The van der Waals surface area contributed by atoms with Gasteiger partial charge in [0.15, 0.2) is 0 Å². The Hall–Kier alpha value is -5.81.